The van der Waals surface area contributed by atoms with Crippen molar-refractivity contribution in [3.63, 3.8) is 0 Å². The van der Waals surface area contributed by atoms with Gasteiger partial charge in [0.2, 0.25) is 0 Å². The Morgan fingerprint density at radius 2 is 1.38 bits per heavy atom. The molecule has 0 atom stereocenters. The highest BCUT2D eigenvalue weighted by Crippen LogP contribution is 2.50. The number of esters is 1. The summed E-state index contributed by atoms with van der Waals surface area (Å²) in [6, 6.07) is 19.0. The fourth-order valence-corrected chi connectivity index (χ4v) is 3.88. The predicted molar refractivity (Wildman–Crippen MR) is 101 cm³/mol. The third-order valence-electron chi connectivity index (χ3n) is 3.66. The van der Waals surface area contributed by atoms with Crippen LogP contribution in [-0.4, -0.2) is 18.7 Å². The number of carbonyl (C=O) groups is 1. The van der Waals surface area contributed by atoms with Gasteiger partial charge in [-0.2, -0.15) is 0 Å². The summed E-state index contributed by atoms with van der Waals surface area (Å²) in [7, 11) is -3.33. The predicted octanol–water partition coefficient (Wildman–Crippen LogP) is 4.96. The number of rotatable bonds is 11. The molecule has 0 saturated carbocycles. The highest BCUT2D eigenvalue weighted by Gasteiger charge is 2.25. The van der Waals surface area contributed by atoms with Crippen molar-refractivity contribution in [3.05, 3.63) is 71.8 Å². The maximum atomic E-state index is 13.1. The minimum atomic E-state index is -3.33. The molecular weight excluding hydrogens is 351 g/mol. The van der Waals surface area contributed by atoms with Crippen LogP contribution in [0.4, 0.5) is 0 Å². The molecule has 0 bridgehead atoms. The molecule has 0 aliphatic heterocycles. The van der Waals surface area contributed by atoms with Gasteiger partial charge >= 0.3 is 13.6 Å². The molecule has 0 saturated heterocycles. The van der Waals surface area contributed by atoms with Crippen LogP contribution >= 0.6 is 7.60 Å². The molecule has 0 spiro atoms. The fourth-order valence-electron chi connectivity index (χ4n) is 2.31. The van der Waals surface area contributed by atoms with Gasteiger partial charge in [0, 0.05) is 6.42 Å². The van der Waals surface area contributed by atoms with Gasteiger partial charge in [-0.25, -0.2) is 0 Å². The Hall–Kier alpha value is -1.94. The third kappa shape index (κ3) is 7.52. The topological polar surface area (TPSA) is 61.8 Å². The minimum absolute atomic E-state index is 0.172. The van der Waals surface area contributed by atoms with E-state index in [-0.39, 0.29) is 31.8 Å². The first-order valence-corrected chi connectivity index (χ1v) is 10.5. The van der Waals surface area contributed by atoms with Crippen LogP contribution in [0.1, 0.15) is 30.9 Å². The summed E-state index contributed by atoms with van der Waals surface area (Å²) >= 11 is 0. The first-order valence-electron chi connectivity index (χ1n) is 8.73. The number of benzene rings is 2. The van der Waals surface area contributed by atoms with Crippen molar-refractivity contribution in [2.24, 2.45) is 0 Å². The van der Waals surface area contributed by atoms with Crippen molar-refractivity contribution < 1.29 is 23.1 Å². The molecule has 2 rings (SSSR count). The van der Waals surface area contributed by atoms with Crippen LogP contribution in [0.15, 0.2) is 60.7 Å². The largest absolute Gasteiger partial charge is 0.466 e. The summed E-state index contributed by atoms with van der Waals surface area (Å²) in [4.78, 5) is 11.5. The van der Waals surface area contributed by atoms with Gasteiger partial charge in [-0.1, -0.05) is 60.7 Å². The summed E-state index contributed by atoms with van der Waals surface area (Å²) in [5.74, 6) is -0.301. The average Bonchev–Trinajstić information content (AvgIpc) is 2.67. The molecular formula is C20H25O5P. The van der Waals surface area contributed by atoms with Crippen molar-refractivity contribution in [2.75, 3.05) is 12.8 Å². The number of hydrogen-bond donors (Lipinski definition) is 0. The molecule has 0 aromatic heterocycles. The first-order chi connectivity index (χ1) is 12.6. The zero-order chi connectivity index (χ0) is 18.7. The standard InChI is InChI=1S/C20H25O5P/c1-2-23-20(21)14-9-15-26(22,24-16-18-10-5-3-6-11-18)25-17-19-12-7-4-8-13-19/h3-8,10-13H,2,9,14-17H2,1H3. The smallest absolute Gasteiger partial charge is 0.331 e. The maximum absolute atomic E-state index is 13.1. The SMILES string of the molecule is CCOC(=O)CCCP(=O)(OCc1ccccc1)OCc1ccccc1. The van der Waals surface area contributed by atoms with Crippen molar-refractivity contribution in [3.8, 4) is 0 Å². The summed E-state index contributed by atoms with van der Waals surface area (Å²) < 4.78 is 29.3. The highest BCUT2D eigenvalue weighted by atomic mass is 31.2. The van der Waals surface area contributed by atoms with Crippen LogP contribution in [0.25, 0.3) is 0 Å². The van der Waals surface area contributed by atoms with Gasteiger partial charge in [-0.3, -0.25) is 9.36 Å². The average molecular weight is 376 g/mol. The zero-order valence-electron chi connectivity index (χ0n) is 15.0. The number of ether oxygens (including phenoxy) is 1. The Morgan fingerprint density at radius 3 is 1.85 bits per heavy atom. The van der Waals surface area contributed by atoms with Gasteiger partial charge in [0.25, 0.3) is 0 Å². The molecule has 0 aliphatic carbocycles. The van der Waals surface area contributed by atoms with Gasteiger partial charge < -0.3 is 13.8 Å². The minimum Gasteiger partial charge on any atom is -0.466 e. The molecule has 0 aliphatic rings. The lowest BCUT2D eigenvalue weighted by molar-refractivity contribution is -0.143. The Kier molecular flexibility index (Phi) is 8.56. The van der Waals surface area contributed by atoms with E-state index in [0.29, 0.717) is 13.0 Å². The van der Waals surface area contributed by atoms with Crippen molar-refractivity contribution in [1.29, 1.82) is 0 Å². The molecule has 5 nitrogen and oxygen atoms in total. The van der Waals surface area contributed by atoms with E-state index in [1.807, 2.05) is 60.7 Å². The molecule has 26 heavy (non-hydrogen) atoms. The normalized spacial score (nSPS) is 11.3. The lowest BCUT2D eigenvalue weighted by atomic mass is 10.2. The Bertz CT molecular complexity index is 655. The zero-order valence-corrected chi connectivity index (χ0v) is 15.9. The van der Waals surface area contributed by atoms with E-state index in [1.165, 1.54) is 0 Å². The van der Waals surface area contributed by atoms with E-state index in [9.17, 15) is 9.36 Å². The highest BCUT2D eigenvalue weighted by molar-refractivity contribution is 7.53. The van der Waals surface area contributed by atoms with E-state index in [2.05, 4.69) is 0 Å². The first kappa shape index (κ1) is 20.4. The van der Waals surface area contributed by atoms with Gasteiger partial charge in [0.05, 0.1) is 26.0 Å². The quantitative estimate of drug-likeness (QED) is 0.410. The molecule has 2 aromatic rings. The third-order valence-corrected chi connectivity index (χ3v) is 5.57. The monoisotopic (exact) mass is 376 g/mol. The van der Waals surface area contributed by atoms with Crippen molar-refractivity contribution in [1.82, 2.24) is 0 Å². The second-order valence-corrected chi connectivity index (χ2v) is 7.95. The van der Waals surface area contributed by atoms with Gasteiger partial charge in [0.1, 0.15) is 0 Å². The van der Waals surface area contributed by atoms with E-state index in [0.717, 1.165) is 11.1 Å². The summed E-state index contributed by atoms with van der Waals surface area (Å²) in [5.41, 5.74) is 1.84. The molecule has 0 unspecified atom stereocenters. The van der Waals surface area contributed by atoms with Crippen molar-refractivity contribution in [2.45, 2.75) is 33.0 Å². The van der Waals surface area contributed by atoms with E-state index >= 15 is 0 Å². The summed E-state index contributed by atoms with van der Waals surface area (Å²) in [6.45, 7) is 2.50. The van der Waals surface area contributed by atoms with Crippen LogP contribution < -0.4 is 0 Å². The Morgan fingerprint density at radius 1 is 0.885 bits per heavy atom. The lowest BCUT2D eigenvalue weighted by Gasteiger charge is -2.19. The molecule has 0 radical (unpaired) electrons. The Labute approximate surface area is 154 Å². The fraction of sp³-hybridized carbons (Fsp3) is 0.350. The molecule has 2 aromatic carbocycles. The van der Waals surface area contributed by atoms with Gasteiger partial charge in [-0.15, -0.1) is 0 Å². The van der Waals surface area contributed by atoms with Crippen LogP contribution in [0.3, 0.4) is 0 Å². The molecule has 6 heteroatoms. The van der Waals surface area contributed by atoms with Gasteiger partial charge in [0.15, 0.2) is 0 Å². The maximum Gasteiger partial charge on any atom is 0.331 e. The molecule has 0 heterocycles. The number of hydrogen-bond acceptors (Lipinski definition) is 5. The number of carbonyl (C=O) groups excluding carboxylic acids is 1. The van der Waals surface area contributed by atoms with Crippen LogP contribution in [0.2, 0.25) is 0 Å². The van der Waals surface area contributed by atoms with Crippen LogP contribution in [-0.2, 0) is 36.4 Å². The van der Waals surface area contributed by atoms with Crippen LogP contribution in [0.5, 0.6) is 0 Å². The van der Waals surface area contributed by atoms with Crippen molar-refractivity contribution >= 4 is 13.6 Å². The van der Waals surface area contributed by atoms with E-state index in [1.54, 1.807) is 6.92 Å². The summed E-state index contributed by atoms with van der Waals surface area (Å²) in [5, 5.41) is 0. The second-order valence-electron chi connectivity index (χ2n) is 5.76. The molecule has 140 valence electrons. The lowest BCUT2D eigenvalue weighted by Crippen LogP contribution is -2.07. The molecule has 0 amide bonds. The van der Waals surface area contributed by atoms with E-state index < -0.39 is 7.60 Å². The molecule has 0 N–H and O–H groups in total. The van der Waals surface area contributed by atoms with Crippen LogP contribution in [0, 0.1) is 0 Å². The van der Waals surface area contributed by atoms with E-state index in [4.69, 9.17) is 13.8 Å². The second kappa shape index (κ2) is 10.9. The molecule has 0 fully saturated rings. The summed E-state index contributed by atoms with van der Waals surface area (Å²) in [6.07, 6.45) is 0.756. The van der Waals surface area contributed by atoms with Gasteiger partial charge in [-0.05, 0) is 24.5 Å². The Balaban J connectivity index is 1.94.